The highest BCUT2D eigenvalue weighted by Gasteiger charge is 2.42. The van der Waals surface area contributed by atoms with Gasteiger partial charge < -0.3 is 9.64 Å². The Labute approximate surface area is 167 Å². The van der Waals surface area contributed by atoms with Gasteiger partial charge in [-0.3, -0.25) is 14.7 Å². The van der Waals surface area contributed by atoms with Gasteiger partial charge in [0.05, 0.1) is 12.6 Å². The number of morpholine rings is 1. The predicted molar refractivity (Wildman–Crippen MR) is 109 cm³/mol. The van der Waals surface area contributed by atoms with Crippen LogP contribution < -0.4 is 0 Å². The van der Waals surface area contributed by atoms with Crippen LogP contribution in [-0.2, 0) is 16.1 Å². The van der Waals surface area contributed by atoms with Gasteiger partial charge in [-0.15, -0.1) is 0 Å². The van der Waals surface area contributed by atoms with Crippen LogP contribution in [0.2, 0.25) is 0 Å². The van der Waals surface area contributed by atoms with Gasteiger partial charge in [0.2, 0.25) is 0 Å². The molecule has 2 aliphatic rings. The normalized spacial score (nSPS) is 23.6. The van der Waals surface area contributed by atoms with Crippen molar-refractivity contribution in [1.82, 2.24) is 14.8 Å². The van der Waals surface area contributed by atoms with Crippen LogP contribution in [0, 0.1) is 0 Å². The van der Waals surface area contributed by atoms with E-state index in [-0.39, 0.29) is 11.9 Å². The monoisotopic (exact) mass is 379 g/mol. The third-order valence-electron chi connectivity index (χ3n) is 5.99. The second-order valence-corrected chi connectivity index (χ2v) is 7.88. The molecule has 0 spiro atoms. The van der Waals surface area contributed by atoms with Crippen LogP contribution >= 0.6 is 0 Å². The molecular weight excluding hydrogens is 350 g/mol. The summed E-state index contributed by atoms with van der Waals surface area (Å²) in [5.41, 5.74) is 2.19. The molecule has 5 nitrogen and oxygen atoms in total. The van der Waals surface area contributed by atoms with Gasteiger partial charge in [-0.2, -0.15) is 0 Å². The number of likely N-dealkylation sites (N-methyl/N-ethyl adjacent to an activating group) is 1. The lowest BCUT2D eigenvalue weighted by Gasteiger charge is -2.44. The predicted octanol–water partition coefficient (Wildman–Crippen LogP) is 3.42. The number of aromatic nitrogens is 1. The molecule has 1 aliphatic carbocycles. The number of rotatable bonds is 5. The van der Waals surface area contributed by atoms with Crippen LogP contribution in [-0.4, -0.2) is 53.0 Å². The van der Waals surface area contributed by atoms with E-state index in [9.17, 15) is 4.79 Å². The molecule has 5 heteroatoms. The van der Waals surface area contributed by atoms with Gasteiger partial charge in [0.15, 0.2) is 6.10 Å². The first kappa shape index (κ1) is 19.1. The summed E-state index contributed by atoms with van der Waals surface area (Å²) in [5.74, 6) is 0.0420. The highest BCUT2D eigenvalue weighted by molar-refractivity contribution is 5.82. The SMILES string of the molecule is CN(Cc1cccnc1)C(=O)[C@@H]1OCCN(C2CCCC2)[C@H]1c1ccccc1. The Kier molecular flexibility index (Phi) is 6.03. The maximum absolute atomic E-state index is 13.4. The molecule has 1 aromatic heterocycles. The average molecular weight is 380 g/mol. The molecule has 28 heavy (non-hydrogen) atoms. The third-order valence-corrected chi connectivity index (χ3v) is 5.99. The van der Waals surface area contributed by atoms with Gasteiger partial charge in [-0.05, 0) is 30.0 Å². The molecule has 4 rings (SSSR count). The van der Waals surface area contributed by atoms with E-state index in [1.54, 1.807) is 11.1 Å². The summed E-state index contributed by atoms with van der Waals surface area (Å²) < 4.78 is 6.11. The summed E-state index contributed by atoms with van der Waals surface area (Å²) in [6.07, 6.45) is 8.08. The number of benzene rings is 1. The van der Waals surface area contributed by atoms with Crippen molar-refractivity contribution in [2.45, 2.75) is 50.4 Å². The van der Waals surface area contributed by atoms with Crippen molar-refractivity contribution in [3.05, 3.63) is 66.0 Å². The standard InChI is InChI=1S/C23H29N3O2/c1-25(17-18-8-7-13-24-16-18)23(27)22-21(19-9-3-2-4-10-19)26(14-15-28-22)20-11-5-6-12-20/h2-4,7-10,13,16,20-22H,5-6,11-12,14-15,17H2,1H3/t21-,22+/m0/s1. The van der Waals surface area contributed by atoms with Gasteiger partial charge >= 0.3 is 0 Å². The van der Waals surface area contributed by atoms with Gasteiger partial charge in [0.1, 0.15) is 0 Å². The van der Waals surface area contributed by atoms with E-state index in [0.717, 1.165) is 12.1 Å². The van der Waals surface area contributed by atoms with Crippen molar-refractivity contribution in [1.29, 1.82) is 0 Å². The molecule has 148 valence electrons. The van der Waals surface area contributed by atoms with Crippen molar-refractivity contribution >= 4 is 5.91 Å². The Morgan fingerprint density at radius 3 is 2.68 bits per heavy atom. The van der Waals surface area contributed by atoms with Gasteiger partial charge in [-0.1, -0.05) is 49.2 Å². The largest absolute Gasteiger partial charge is 0.365 e. The van der Waals surface area contributed by atoms with Crippen LogP contribution in [0.1, 0.15) is 42.9 Å². The fraction of sp³-hybridized carbons (Fsp3) is 0.478. The number of hydrogen-bond acceptors (Lipinski definition) is 4. The molecule has 0 radical (unpaired) electrons. The topological polar surface area (TPSA) is 45.7 Å². The van der Waals surface area contributed by atoms with Crippen molar-refractivity contribution in [3.63, 3.8) is 0 Å². The summed E-state index contributed by atoms with van der Waals surface area (Å²) >= 11 is 0. The second-order valence-electron chi connectivity index (χ2n) is 7.88. The van der Waals surface area contributed by atoms with Crippen molar-refractivity contribution in [2.75, 3.05) is 20.2 Å². The van der Waals surface area contributed by atoms with Crippen LogP contribution in [0.25, 0.3) is 0 Å². The minimum atomic E-state index is -0.474. The van der Waals surface area contributed by atoms with Gasteiger partial charge in [0, 0.05) is 38.6 Å². The molecule has 1 aromatic carbocycles. The number of amides is 1. The molecule has 2 aromatic rings. The molecule has 1 amide bonds. The lowest BCUT2D eigenvalue weighted by atomic mass is 9.94. The van der Waals surface area contributed by atoms with Gasteiger partial charge in [0.25, 0.3) is 5.91 Å². The maximum Gasteiger partial charge on any atom is 0.253 e. The third kappa shape index (κ3) is 4.10. The second kappa shape index (κ2) is 8.84. The average Bonchev–Trinajstić information content (AvgIpc) is 3.29. The van der Waals surface area contributed by atoms with E-state index >= 15 is 0 Å². The van der Waals surface area contributed by atoms with E-state index in [2.05, 4.69) is 34.1 Å². The minimum Gasteiger partial charge on any atom is -0.365 e. The molecule has 1 saturated heterocycles. The summed E-state index contributed by atoms with van der Waals surface area (Å²) in [5, 5.41) is 0. The van der Waals surface area contributed by atoms with Crippen molar-refractivity contribution in [3.8, 4) is 0 Å². The quantitative estimate of drug-likeness (QED) is 0.799. The highest BCUT2D eigenvalue weighted by atomic mass is 16.5. The van der Waals surface area contributed by atoms with Crippen LogP contribution in [0.15, 0.2) is 54.9 Å². The molecule has 1 aliphatic heterocycles. The lowest BCUT2D eigenvalue weighted by molar-refractivity contribution is -0.158. The van der Waals surface area contributed by atoms with Crippen LogP contribution in [0.4, 0.5) is 0 Å². The van der Waals surface area contributed by atoms with Gasteiger partial charge in [-0.25, -0.2) is 0 Å². The fourth-order valence-corrected chi connectivity index (χ4v) is 4.62. The lowest BCUT2D eigenvalue weighted by Crippen LogP contribution is -2.54. The first-order valence-corrected chi connectivity index (χ1v) is 10.3. The Hall–Kier alpha value is -2.24. The smallest absolute Gasteiger partial charge is 0.253 e. The number of carbonyl (C=O) groups is 1. The number of carbonyl (C=O) groups excluding carboxylic acids is 1. The fourth-order valence-electron chi connectivity index (χ4n) is 4.62. The summed E-state index contributed by atoms with van der Waals surface area (Å²) in [6, 6.07) is 14.8. The van der Waals surface area contributed by atoms with Crippen molar-refractivity contribution < 1.29 is 9.53 Å². The molecule has 0 bridgehead atoms. The number of nitrogens with zero attached hydrogens (tertiary/aromatic N) is 3. The van der Waals surface area contributed by atoms with E-state index in [0.29, 0.717) is 19.2 Å². The van der Waals surface area contributed by atoms with E-state index < -0.39 is 6.10 Å². The van der Waals surface area contributed by atoms with E-state index in [1.807, 2.05) is 31.4 Å². The number of hydrogen-bond donors (Lipinski definition) is 0. The van der Waals surface area contributed by atoms with Crippen molar-refractivity contribution in [2.24, 2.45) is 0 Å². The molecule has 1 saturated carbocycles. The minimum absolute atomic E-state index is 0.0260. The van der Waals surface area contributed by atoms with E-state index in [4.69, 9.17) is 4.74 Å². The highest BCUT2D eigenvalue weighted by Crippen LogP contribution is 2.36. The van der Waals surface area contributed by atoms with Crippen LogP contribution in [0.3, 0.4) is 0 Å². The molecule has 2 fully saturated rings. The number of ether oxygens (including phenoxy) is 1. The Bertz CT molecular complexity index is 762. The zero-order valence-corrected chi connectivity index (χ0v) is 16.5. The first-order chi connectivity index (χ1) is 13.7. The summed E-state index contributed by atoms with van der Waals surface area (Å²) in [6.45, 7) is 2.04. The zero-order valence-electron chi connectivity index (χ0n) is 16.5. The Balaban J connectivity index is 1.58. The maximum atomic E-state index is 13.4. The summed E-state index contributed by atoms with van der Waals surface area (Å²) in [4.78, 5) is 21.9. The Morgan fingerprint density at radius 2 is 1.96 bits per heavy atom. The molecular formula is C23H29N3O2. The van der Waals surface area contributed by atoms with E-state index in [1.165, 1.54) is 31.2 Å². The first-order valence-electron chi connectivity index (χ1n) is 10.3. The molecule has 2 heterocycles. The molecule has 0 unspecified atom stereocenters. The molecule has 0 N–H and O–H groups in total. The zero-order chi connectivity index (χ0) is 19.3. The Morgan fingerprint density at radius 1 is 1.18 bits per heavy atom. The number of pyridine rings is 1. The summed E-state index contributed by atoms with van der Waals surface area (Å²) in [7, 11) is 1.86. The van der Waals surface area contributed by atoms with Crippen LogP contribution in [0.5, 0.6) is 0 Å². The molecule has 2 atom stereocenters.